The van der Waals surface area contributed by atoms with E-state index < -0.39 is 65.7 Å². The molecule has 5 amide bonds. The Morgan fingerprint density at radius 3 is 1.51 bits per heavy atom. The van der Waals surface area contributed by atoms with E-state index in [0.29, 0.717) is 71.0 Å². The Balaban J connectivity index is 5.89. The Morgan fingerprint density at radius 1 is 0.622 bits per heavy atom. The molecule has 0 radical (unpaired) electrons. The zero-order chi connectivity index (χ0) is 34.4. The van der Waals surface area contributed by atoms with Crippen molar-refractivity contribution in [3.05, 3.63) is 0 Å². The quantitative estimate of drug-likeness (QED) is 0.0461. The monoisotopic (exact) mass is 643 g/mol. The zero-order valence-electron chi connectivity index (χ0n) is 26.9. The van der Waals surface area contributed by atoms with Crippen molar-refractivity contribution in [3.8, 4) is 0 Å². The number of nitrogens with one attached hydrogen (secondary N) is 4. The molecular weight excluding hydrogens is 586 g/mol. The fraction of sp³-hybridized carbons (Fsp3) is 0.793. The van der Waals surface area contributed by atoms with Gasteiger partial charge in [-0.05, 0) is 83.3 Å². The van der Waals surface area contributed by atoms with Gasteiger partial charge >= 0.3 is 5.97 Å². The van der Waals surface area contributed by atoms with Crippen LogP contribution in [-0.4, -0.2) is 90.5 Å². The summed E-state index contributed by atoms with van der Waals surface area (Å²) in [5.41, 5.74) is 27.9. The molecule has 16 nitrogen and oxygen atoms in total. The molecular formula is C29H57N9O7. The van der Waals surface area contributed by atoms with Crippen LogP contribution in [0, 0.1) is 5.92 Å². The van der Waals surface area contributed by atoms with Crippen LogP contribution in [0.2, 0.25) is 0 Å². The summed E-state index contributed by atoms with van der Waals surface area (Å²) in [6.07, 6.45) is 4.36. The van der Waals surface area contributed by atoms with Gasteiger partial charge in [0.15, 0.2) is 0 Å². The van der Waals surface area contributed by atoms with Gasteiger partial charge < -0.3 is 55.0 Å². The number of hydrogen-bond acceptors (Lipinski definition) is 10. The lowest BCUT2D eigenvalue weighted by Crippen LogP contribution is -2.59. The third kappa shape index (κ3) is 17.7. The van der Waals surface area contributed by atoms with Gasteiger partial charge in [0.1, 0.15) is 24.2 Å². The number of carboxylic acid groups (broad SMARTS) is 1. The number of carbonyl (C=O) groups is 6. The molecule has 0 bridgehead atoms. The Hall–Kier alpha value is -3.34. The molecule has 0 rings (SSSR count). The average Bonchev–Trinajstić information content (AvgIpc) is 2.99. The summed E-state index contributed by atoms with van der Waals surface area (Å²) in [6, 6.07) is -5.43. The van der Waals surface area contributed by atoms with Crippen LogP contribution in [0.15, 0.2) is 0 Å². The van der Waals surface area contributed by atoms with Gasteiger partial charge in [0.25, 0.3) is 0 Å². The first-order valence-corrected chi connectivity index (χ1v) is 15.9. The highest BCUT2D eigenvalue weighted by Gasteiger charge is 2.33. The van der Waals surface area contributed by atoms with Crippen molar-refractivity contribution in [2.45, 2.75) is 121 Å². The van der Waals surface area contributed by atoms with Gasteiger partial charge in [0.2, 0.25) is 29.5 Å². The summed E-state index contributed by atoms with van der Waals surface area (Å²) in [5, 5.41) is 20.0. The van der Waals surface area contributed by atoms with Crippen LogP contribution in [0.25, 0.3) is 0 Å². The van der Waals surface area contributed by atoms with E-state index >= 15 is 0 Å². The second-order valence-corrected chi connectivity index (χ2v) is 11.4. The highest BCUT2D eigenvalue weighted by atomic mass is 16.4. The van der Waals surface area contributed by atoms with Gasteiger partial charge in [-0.1, -0.05) is 26.7 Å². The number of rotatable bonds is 26. The molecule has 0 spiro atoms. The summed E-state index contributed by atoms with van der Waals surface area (Å²) >= 11 is 0. The van der Waals surface area contributed by atoms with Crippen LogP contribution >= 0.6 is 0 Å². The standard InChI is InChI=1S/C29H57N9O7/c1-3-18(2)24(38-27(42)21(12-6-9-17-32)35-25(40)19(33)10-4-7-15-30)28(43)36-20(11-5-8-16-31)26(41)37-22(29(44)45)13-14-23(34)39/h18-22,24H,3-17,30-33H2,1-2H3,(H2,34,39)(H,35,40)(H,36,43)(H,37,41)(H,38,42)(H,44,45)/t18-,19-,20-,21-,22-,24-/m0/s1. The third-order valence-corrected chi connectivity index (χ3v) is 7.55. The SMILES string of the molecule is CC[C@H](C)[C@H](NC(=O)[C@H](CCCCN)NC(=O)[C@@H](N)CCCCN)C(=O)N[C@@H](CCCCN)C(=O)N[C@@H](CCC(N)=O)C(=O)O. The lowest BCUT2D eigenvalue weighted by Gasteiger charge is -2.29. The van der Waals surface area contributed by atoms with E-state index in [1.807, 2.05) is 6.92 Å². The van der Waals surface area contributed by atoms with Crippen molar-refractivity contribution in [2.75, 3.05) is 19.6 Å². The number of carboxylic acids is 1. The molecule has 45 heavy (non-hydrogen) atoms. The number of hydrogen-bond donors (Lipinski definition) is 10. The number of carbonyl (C=O) groups excluding carboxylic acids is 5. The maximum atomic E-state index is 13.6. The topological polar surface area (TPSA) is 301 Å². The molecule has 0 aliphatic carbocycles. The number of aliphatic carboxylic acids is 1. The minimum absolute atomic E-state index is 0.151. The Bertz CT molecular complexity index is 938. The minimum Gasteiger partial charge on any atom is -0.480 e. The Labute approximate surface area is 266 Å². The smallest absolute Gasteiger partial charge is 0.326 e. The van der Waals surface area contributed by atoms with E-state index in [4.69, 9.17) is 28.7 Å². The van der Waals surface area contributed by atoms with Crippen molar-refractivity contribution < 1.29 is 33.9 Å². The molecule has 15 N–H and O–H groups in total. The molecule has 260 valence electrons. The average molecular weight is 644 g/mol. The largest absolute Gasteiger partial charge is 0.480 e. The summed E-state index contributed by atoms with van der Waals surface area (Å²) < 4.78 is 0. The fourth-order valence-electron chi connectivity index (χ4n) is 4.48. The van der Waals surface area contributed by atoms with Crippen LogP contribution in [0.1, 0.15) is 90.9 Å². The second-order valence-electron chi connectivity index (χ2n) is 11.4. The molecule has 0 unspecified atom stereocenters. The number of primary amides is 1. The molecule has 0 saturated carbocycles. The van der Waals surface area contributed by atoms with E-state index in [1.54, 1.807) is 6.92 Å². The molecule has 16 heteroatoms. The second kappa shape index (κ2) is 24.0. The Kier molecular flexibility index (Phi) is 22.2. The summed E-state index contributed by atoms with van der Waals surface area (Å²) in [7, 11) is 0. The van der Waals surface area contributed by atoms with E-state index in [1.165, 1.54) is 0 Å². The first-order chi connectivity index (χ1) is 21.3. The van der Waals surface area contributed by atoms with Crippen LogP contribution in [-0.2, 0) is 28.8 Å². The Morgan fingerprint density at radius 2 is 1.07 bits per heavy atom. The van der Waals surface area contributed by atoms with Crippen molar-refractivity contribution >= 4 is 35.5 Å². The van der Waals surface area contributed by atoms with Gasteiger partial charge in [-0.2, -0.15) is 0 Å². The maximum absolute atomic E-state index is 13.6. The number of unbranched alkanes of at least 4 members (excludes halogenated alkanes) is 3. The first-order valence-electron chi connectivity index (χ1n) is 15.9. The van der Waals surface area contributed by atoms with Crippen molar-refractivity contribution in [1.29, 1.82) is 0 Å². The van der Waals surface area contributed by atoms with Gasteiger partial charge in [0.05, 0.1) is 6.04 Å². The highest BCUT2D eigenvalue weighted by molar-refractivity contribution is 5.95. The highest BCUT2D eigenvalue weighted by Crippen LogP contribution is 2.12. The normalized spacial score (nSPS) is 15.1. The van der Waals surface area contributed by atoms with Crippen molar-refractivity contribution in [3.63, 3.8) is 0 Å². The van der Waals surface area contributed by atoms with Crippen LogP contribution in [0.3, 0.4) is 0 Å². The predicted octanol–water partition coefficient (Wildman–Crippen LogP) is -1.96. The van der Waals surface area contributed by atoms with Crippen LogP contribution in [0.5, 0.6) is 0 Å². The fourth-order valence-corrected chi connectivity index (χ4v) is 4.48. The molecule has 0 saturated heterocycles. The molecule has 0 aromatic heterocycles. The summed E-state index contributed by atoms with van der Waals surface area (Å²) in [4.78, 5) is 75.8. The lowest BCUT2D eigenvalue weighted by molar-refractivity contribution is -0.142. The predicted molar refractivity (Wildman–Crippen MR) is 170 cm³/mol. The van der Waals surface area contributed by atoms with Gasteiger partial charge in [-0.25, -0.2) is 4.79 Å². The summed E-state index contributed by atoms with van der Waals surface area (Å²) in [5.74, 6) is -4.95. The third-order valence-electron chi connectivity index (χ3n) is 7.55. The van der Waals surface area contributed by atoms with E-state index in [2.05, 4.69) is 21.3 Å². The molecule has 0 heterocycles. The number of nitrogens with two attached hydrogens (primary N) is 5. The van der Waals surface area contributed by atoms with Crippen LogP contribution < -0.4 is 49.9 Å². The van der Waals surface area contributed by atoms with Gasteiger partial charge in [-0.15, -0.1) is 0 Å². The lowest BCUT2D eigenvalue weighted by atomic mass is 9.96. The van der Waals surface area contributed by atoms with Gasteiger partial charge in [0, 0.05) is 6.42 Å². The minimum atomic E-state index is -1.40. The molecule has 0 fully saturated rings. The van der Waals surface area contributed by atoms with Crippen molar-refractivity contribution in [2.24, 2.45) is 34.6 Å². The van der Waals surface area contributed by atoms with E-state index in [0.717, 1.165) is 0 Å². The first kappa shape index (κ1) is 41.7. The van der Waals surface area contributed by atoms with Crippen molar-refractivity contribution in [1.82, 2.24) is 21.3 Å². The van der Waals surface area contributed by atoms with Gasteiger partial charge in [-0.3, -0.25) is 24.0 Å². The molecule has 6 atom stereocenters. The molecule has 0 aliphatic rings. The molecule has 0 aromatic rings. The van der Waals surface area contributed by atoms with E-state index in [9.17, 15) is 33.9 Å². The van der Waals surface area contributed by atoms with Crippen LogP contribution in [0.4, 0.5) is 0 Å². The molecule has 0 aliphatic heterocycles. The maximum Gasteiger partial charge on any atom is 0.326 e. The molecule has 0 aromatic carbocycles. The number of amides is 5. The summed E-state index contributed by atoms with van der Waals surface area (Å²) in [6.45, 7) is 4.81. The van der Waals surface area contributed by atoms with E-state index in [-0.39, 0.29) is 31.6 Å². The zero-order valence-corrected chi connectivity index (χ0v) is 26.9.